The molecule has 20 nitrogen and oxygen atoms in total. The standard InChI is InChI=1S/C63H78N14O6/c1-4-58(79)76-32-30-72(40-47(76)20-23-64)60-52-18-14-45(36-54(52)66-62(68-60)81-35-34-71-26-6-7-27-71)74-28-8-10-43-13-17-51(39-57(43)74)83-65-24-21-48-41-73(31-33-77(48)59(80)5-2)61-53-19-15-46(75-29-22-44-12-16-50(78)38-56(44)75)37-55(53)67-63(69-61)82-42-49-11-9-25-70(49)3/h4-5,12-13,16-17,38-39,45-49H,1-2,6-11,14-15,18-22,25-37,40-42H2,3H3/p+1/t45?,46?,47-,48-,49-/m0/s1. The van der Waals surface area contributed by atoms with E-state index in [1.54, 1.807) is 11.0 Å². The van der Waals surface area contributed by atoms with Gasteiger partial charge in [-0.05, 0) is 133 Å². The first-order valence-electron chi connectivity index (χ1n) is 30.4. The van der Waals surface area contributed by atoms with Gasteiger partial charge in [0.2, 0.25) is 22.6 Å². The second-order valence-electron chi connectivity index (χ2n) is 23.7. The summed E-state index contributed by atoms with van der Waals surface area (Å²) in [7, 11) is 2.15. The van der Waals surface area contributed by atoms with Crippen LogP contribution in [0.5, 0.6) is 23.5 Å². The number of aryl methyl sites for hydroxylation is 1. The number of phenolic OH excluding ortho intramolecular Hbond substituents is 1. The maximum Gasteiger partial charge on any atom is 0.352 e. The average Bonchev–Trinajstić information content (AvgIpc) is 4.43. The van der Waals surface area contributed by atoms with E-state index in [1.807, 2.05) is 23.1 Å². The molecule has 5 atom stereocenters. The Morgan fingerprint density at radius 3 is 1.96 bits per heavy atom. The molecule has 1 N–H and O–H groups in total. The fourth-order valence-corrected chi connectivity index (χ4v) is 14.3. The Morgan fingerprint density at radius 2 is 1.31 bits per heavy atom. The predicted octanol–water partition coefficient (Wildman–Crippen LogP) is 6.19. The van der Waals surface area contributed by atoms with Gasteiger partial charge >= 0.3 is 18.1 Å². The number of nitrogens with zero attached hydrogens (tertiary/aromatic N) is 14. The minimum atomic E-state index is -0.285. The van der Waals surface area contributed by atoms with Gasteiger partial charge in [0.15, 0.2) is 0 Å². The zero-order valence-electron chi connectivity index (χ0n) is 48.2. The third-order valence-electron chi connectivity index (χ3n) is 18.8. The molecule has 6 aliphatic heterocycles. The van der Waals surface area contributed by atoms with E-state index < -0.39 is 0 Å². The van der Waals surface area contributed by atoms with Gasteiger partial charge in [0.25, 0.3) is 0 Å². The summed E-state index contributed by atoms with van der Waals surface area (Å²) < 4.78 is 12.9. The SMILES string of the molecule is C=CC(=O)N1CCN(c2nc(OCCN3CCCC3)nc3c2CCC(N2CCCc4ccc(O[N+]#CC[C@H]5CN(c6nc(OC[C@@H]7CCCN7C)nc7c6CCC(N6CCc8ccc(O)cc86)C7)CCN5C(=O)C=C)cc42)C3)C[C@@H]1CC#N. The van der Waals surface area contributed by atoms with Gasteiger partial charge in [0.1, 0.15) is 37.0 Å². The molecule has 4 saturated heterocycles. The number of nitriles is 1. The molecule has 83 heavy (non-hydrogen) atoms. The first-order chi connectivity index (χ1) is 40.6. The normalized spacial score (nSPS) is 23.3. The van der Waals surface area contributed by atoms with Gasteiger partial charge in [-0.15, -0.1) is 4.84 Å². The lowest BCUT2D eigenvalue weighted by Gasteiger charge is -2.43. The highest BCUT2D eigenvalue weighted by atomic mass is 16.6. The van der Waals surface area contributed by atoms with Gasteiger partial charge in [-0.3, -0.25) is 14.5 Å². The first-order valence-corrected chi connectivity index (χ1v) is 30.4. The summed E-state index contributed by atoms with van der Waals surface area (Å²) in [6, 6.07) is 18.3. The predicted molar refractivity (Wildman–Crippen MR) is 318 cm³/mol. The van der Waals surface area contributed by atoms with Crippen LogP contribution in [-0.2, 0) is 48.1 Å². The monoisotopic (exact) mass is 1130 g/mol. The van der Waals surface area contributed by atoms with Crippen LogP contribution in [0.2, 0.25) is 0 Å². The molecule has 0 bridgehead atoms. The van der Waals surface area contributed by atoms with Crippen molar-refractivity contribution in [2.24, 2.45) is 0 Å². The second-order valence-corrected chi connectivity index (χ2v) is 23.7. The van der Waals surface area contributed by atoms with Crippen molar-refractivity contribution in [3.05, 3.63) is 100 Å². The van der Waals surface area contributed by atoms with Crippen LogP contribution in [0.3, 0.4) is 0 Å². The average molecular weight is 1130 g/mol. The molecule has 20 heteroatoms. The molecule has 8 heterocycles. The van der Waals surface area contributed by atoms with Crippen LogP contribution in [0.1, 0.15) is 91.4 Å². The lowest BCUT2D eigenvalue weighted by molar-refractivity contribution is -0.129. The molecule has 0 spiro atoms. The number of carbonyl (C=O) groups excluding carboxylic acids is 2. The van der Waals surface area contributed by atoms with Crippen molar-refractivity contribution in [2.75, 3.05) is 118 Å². The minimum absolute atomic E-state index is 0.139. The zero-order chi connectivity index (χ0) is 57.0. The van der Waals surface area contributed by atoms with E-state index in [2.05, 4.69) is 78.9 Å². The molecule has 436 valence electrons. The minimum Gasteiger partial charge on any atom is -0.508 e. The molecule has 2 aromatic heterocycles. The summed E-state index contributed by atoms with van der Waals surface area (Å²) in [5.74, 6) is 2.30. The number of hydrogen-bond acceptors (Lipinski definition) is 17. The molecule has 2 aliphatic carbocycles. The number of likely N-dealkylation sites (tertiary alicyclic amines) is 2. The fraction of sp³-hybridized carbons (Fsp3) is 0.556. The number of aromatic hydroxyl groups is 1. The maximum absolute atomic E-state index is 13.5. The highest BCUT2D eigenvalue weighted by Gasteiger charge is 2.39. The number of benzene rings is 2. The summed E-state index contributed by atoms with van der Waals surface area (Å²) >= 11 is 0. The number of ether oxygens (including phenoxy) is 2. The third-order valence-corrected chi connectivity index (χ3v) is 18.8. The molecule has 2 unspecified atom stereocenters. The number of anilines is 4. The second kappa shape index (κ2) is 25.0. The van der Waals surface area contributed by atoms with Crippen molar-refractivity contribution >= 4 is 34.8 Å². The Labute approximate surface area is 487 Å². The molecule has 4 aromatic rings. The van der Waals surface area contributed by atoms with Crippen LogP contribution in [0, 0.1) is 17.4 Å². The number of hydrogen-bond donors (Lipinski definition) is 1. The van der Waals surface area contributed by atoms with Gasteiger partial charge in [-0.1, -0.05) is 25.3 Å². The Morgan fingerprint density at radius 1 is 0.687 bits per heavy atom. The van der Waals surface area contributed by atoms with E-state index in [-0.39, 0.29) is 48.2 Å². The smallest absolute Gasteiger partial charge is 0.352 e. The summed E-state index contributed by atoms with van der Waals surface area (Å²) in [6.07, 6.45) is 15.7. The number of aromatic nitrogens is 4. The third kappa shape index (κ3) is 12.1. The lowest BCUT2D eigenvalue weighted by atomic mass is 9.88. The van der Waals surface area contributed by atoms with Crippen molar-refractivity contribution < 1.29 is 29.0 Å². The molecule has 4 fully saturated rings. The number of fused-ring (bicyclic) bond motifs is 4. The molecule has 0 saturated carbocycles. The van der Waals surface area contributed by atoms with E-state index in [9.17, 15) is 20.0 Å². The van der Waals surface area contributed by atoms with Gasteiger partial charge in [0, 0.05) is 125 Å². The number of amides is 2. The van der Waals surface area contributed by atoms with Gasteiger partial charge in [0.05, 0.1) is 36.0 Å². The number of rotatable bonds is 16. The van der Waals surface area contributed by atoms with E-state index in [4.69, 9.17) is 34.2 Å². The largest absolute Gasteiger partial charge is 0.508 e. The summed E-state index contributed by atoms with van der Waals surface area (Å²) in [4.78, 5) is 70.9. The van der Waals surface area contributed by atoms with E-state index in [0.29, 0.717) is 89.1 Å². The number of carbonyl (C=O) groups is 2. The molecule has 2 aromatic carbocycles. The van der Waals surface area contributed by atoms with E-state index >= 15 is 0 Å². The molecule has 2 amide bonds. The van der Waals surface area contributed by atoms with Crippen molar-refractivity contribution in [1.29, 1.82) is 5.26 Å². The Hall–Kier alpha value is -7.68. The summed E-state index contributed by atoms with van der Waals surface area (Å²) in [6.45, 7) is 17.5. The Kier molecular flexibility index (Phi) is 16.8. The molecule has 8 aliphatic rings. The Bertz CT molecular complexity index is 3190. The topological polar surface area (TPSA) is 188 Å². The van der Waals surface area contributed by atoms with Crippen LogP contribution in [-0.4, -0.2) is 185 Å². The van der Waals surface area contributed by atoms with Crippen molar-refractivity contribution in [3.63, 3.8) is 0 Å². The first kappa shape index (κ1) is 55.8. The highest BCUT2D eigenvalue weighted by Crippen LogP contribution is 2.41. The van der Waals surface area contributed by atoms with Crippen molar-refractivity contribution in [3.8, 4) is 35.7 Å². The van der Waals surface area contributed by atoms with Crippen LogP contribution >= 0.6 is 0 Å². The van der Waals surface area contributed by atoms with Gasteiger partial charge in [-0.25, -0.2) is 0 Å². The van der Waals surface area contributed by atoms with Crippen LogP contribution in [0.25, 0.3) is 5.01 Å². The molecular formula is C63H79N14O6+. The number of piperazine rings is 2. The van der Waals surface area contributed by atoms with Crippen LogP contribution < -0.4 is 33.9 Å². The molecule has 0 radical (unpaired) electrons. The van der Waals surface area contributed by atoms with Crippen molar-refractivity contribution in [2.45, 2.75) is 127 Å². The van der Waals surface area contributed by atoms with Crippen LogP contribution in [0.15, 0.2) is 61.7 Å². The zero-order valence-corrected chi connectivity index (χ0v) is 48.2. The van der Waals surface area contributed by atoms with Gasteiger partial charge in [-0.2, -0.15) is 25.2 Å². The van der Waals surface area contributed by atoms with E-state index in [0.717, 1.165) is 149 Å². The molecule has 12 rings (SSSR count). The van der Waals surface area contributed by atoms with Gasteiger partial charge < -0.3 is 48.9 Å². The molecular weight excluding hydrogens is 1050 g/mol. The quantitative estimate of drug-likeness (QED) is 0.0988. The lowest BCUT2D eigenvalue weighted by Crippen LogP contribution is -2.55. The highest BCUT2D eigenvalue weighted by molar-refractivity contribution is 5.88. The van der Waals surface area contributed by atoms with Crippen LogP contribution in [0.4, 0.5) is 23.0 Å². The maximum atomic E-state index is 13.5. The summed E-state index contributed by atoms with van der Waals surface area (Å²) in [5.41, 5.74) is 8.97. The Balaban J connectivity index is 0.752. The van der Waals surface area contributed by atoms with Crippen molar-refractivity contribution in [1.82, 2.24) is 39.5 Å². The summed E-state index contributed by atoms with van der Waals surface area (Å²) in [5, 5.41) is 24.7. The van der Waals surface area contributed by atoms with E-state index in [1.165, 1.54) is 36.1 Å². The fourth-order valence-electron chi connectivity index (χ4n) is 14.3. The number of phenols is 1. The number of likely N-dealkylation sites (N-methyl/N-ethyl adjacent to an activating group) is 1.